The van der Waals surface area contributed by atoms with Gasteiger partial charge in [0.15, 0.2) is 0 Å². The third-order valence-electron chi connectivity index (χ3n) is 4.34. The van der Waals surface area contributed by atoms with Gasteiger partial charge in [0.1, 0.15) is 0 Å². The van der Waals surface area contributed by atoms with Gasteiger partial charge in [0, 0.05) is 28.8 Å². The van der Waals surface area contributed by atoms with Crippen LogP contribution >= 0.6 is 15.9 Å². The SMILES string of the molecule is CNC(C)c1cc(Br)ccc1N1CCC(C)CC1C. The number of hydrogen-bond acceptors (Lipinski definition) is 2. The number of nitrogens with one attached hydrogen (secondary N) is 1. The zero-order chi connectivity index (χ0) is 14.0. The number of anilines is 1. The van der Waals surface area contributed by atoms with E-state index < -0.39 is 0 Å². The van der Waals surface area contributed by atoms with E-state index in [4.69, 9.17) is 0 Å². The Kier molecular flexibility index (Phi) is 4.91. The van der Waals surface area contributed by atoms with E-state index >= 15 is 0 Å². The number of piperidine rings is 1. The molecule has 0 aliphatic carbocycles. The Morgan fingerprint density at radius 1 is 1.37 bits per heavy atom. The fourth-order valence-corrected chi connectivity index (χ4v) is 3.43. The molecule has 0 radical (unpaired) electrons. The topological polar surface area (TPSA) is 15.3 Å². The quantitative estimate of drug-likeness (QED) is 0.888. The summed E-state index contributed by atoms with van der Waals surface area (Å²) in [5.74, 6) is 0.854. The van der Waals surface area contributed by atoms with Crippen molar-refractivity contribution in [2.45, 2.75) is 45.7 Å². The van der Waals surface area contributed by atoms with E-state index in [-0.39, 0.29) is 0 Å². The van der Waals surface area contributed by atoms with Gasteiger partial charge >= 0.3 is 0 Å². The van der Waals surface area contributed by atoms with Crippen molar-refractivity contribution in [3.8, 4) is 0 Å². The molecule has 3 unspecified atom stereocenters. The Labute approximate surface area is 125 Å². The minimum Gasteiger partial charge on any atom is -0.369 e. The molecule has 1 aromatic rings. The predicted octanol–water partition coefficient (Wildman–Crippen LogP) is 4.35. The molecule has 1 aromatic carbocycles. The molecule has 0 amide bonds. The van der Waals surface area contributed by atoms with Crippen LogP contribution < -0.4 is 10.2 Å². The summed E-state index contributed by atoms with van der Waals surface area (Å²) in [6.45, 7) is 8.12. The monoisotopic (exact) mass is 324 g/mol. The number of halogens is 1. The zero-order valence-corrected chi connectivity index (χ0v) is 14.0. The summed E-state index contributed by atoms with van der Waals surface area (Å²) < 4.78 is 1.16. The van der Waals surface area contributed by atoms with Gasteiger partial charge < -0.3 is 10.2 Å². The normalized spacial score (nSPS) is 25.4. The smallest absolute Gasteiger partial charge is 0.0417 e. The van der Waals surface area contributed by atoms with E-state index in [2.05, 4.69) is 65.1 Å². The second-order valence-corrected chi connectivity index (χ2v) is 6.80. The van der Waals surface area contributed by atoms with Gasteiger partial charge in [-0.2, -0.15) is 0 Å². The highest BCUT2D eigenvalue weighted by Gasteiger charge is 2.25. The van der Waals surface area contributed by atoms with Crippen LogP contribution in [0, 0.1) is 5.92 Å². The van der Waals surface area contributed by atoms with Gasteiger partial charge in [-0.15, -0.1) is 0 Å². The van der Waals surface area contributed by atoms with Gasteiger partial charge in [-0.25, -0.2) is 0 Å². The Balaban J connectivity index is 2.33. The maximum absolute atomic E-state index is 3.60. The van der Waals surface area contributed by atoms with Crippen LogP contribution in [0.4, 0.5) is 5.69 Å². The van der Waals surface area contributed by atoms with Crippen LogP contribution in [0.2, 0.25) is 0 Å². The maximum atomic E-state index is 3.60. The van der Waals surface area contributed by atoms with Gasteiger partial charge in [0.25, 0.3) is 0 Å². The summed E-state index contributed by atoms with van der Waals surface area (Å²) >= 11 is 3.60. The largest absolute Gasteiger partial charge is 0.369 e. The van der Waals surface area contributed by atoms with Crippen molar-refractivity contribution in [2.24, 2.45) is 5.92 Å². The van der Waals surface area contributed by atoms with Crippen LogP contribution in [0.5, 0.6) is 0 Å². The van der Waals surface area contributed by atoms with Crippen molar-refractivity contribution in [1.29, 1.82) is 0 Å². The van der Waals surface area contributed by atoms with Crippen LogP contribution in [-0.2, 0) is 0 Å². The Bertz CT molecular complexity index is 433. The molecule has 1 heterocycles. The van der Waals surface area contributed by atoms with Crippen molar-refractivity contribution in [2.75, 3.05) is 18.5 Å². The molecule has 0 spiro atoms. The van der Waals surface area contributed by atoms with Crippen molar-refractivity contribution in [1.82, 2.24) is 5.32 Å². The number of rotatable bonds is 3. The predicted molar refractivity (Wildman–Crippen MR) is 86.8 cm³/mol. The summed E-state index contributed by atoms with van der Waals surface area (Å²) in [6, 6.07) is 7.68. The summed E-state index contributed by atoms with van der Waals surface area (Å²) in [5.41, 5.74) is 2.78. The Morgan fingerprint density at radius 2 is 2.11 bits per heavy atom. The van der Waals surface area contributed by atoms with E-state index in [1.54, 1.807) is 0 Å². The lowest BCUT2D eigenvalue weighted by Crippen LogP contribution is -2.41. The first-order valence-corrected chi connectivity index (χ1v) is 8.05. The molecule has 0 aromatic heterocycles. The first kappa shape index (κ1) is 14.9. The highest BCUT2D eigenvalue weighted by molar-refractivity contribution is 9.10. The summed E-state index contributed by atoms with van der Waals surface area (Å²) in [7, 11) is 2.02. The van der Waals surface area contributed by atoms with Crippen LogP contribution in [0.15, 0.2) is 22.7 Å². The Morgan fingerprint density at radius 3 is 2.74 bits per heavy atom. The lowest BCUT2D eigenvalue weighted by Gasteiger charge is -2.40. The highest BCUT2D eigenvalue weighted by atomic mass is 79.9. The molecule has 106 valence electrons. The average Bonchev–Trinajstić information content (AvgIpc) is 2.38. The summed E-state index contributed by atoms with van der Waals surface area (Å²) in [5, 5.41) is 3.36. The average molecular weight is 325 g/mol. The van der Waals surface area contributed by atoms with Gasteiger partial charge in [-0.3, -0.25) is 0 Å². The van der Waals surface area contributed by atoms with Gasteiger partial charge in [0.05, 0.1) is 0 Å². The number of hydrogen-bond donors (Lipinski definition) is 1. The molecule has 2 nitrogen and oxygen atoms in total. The molecular weight excluding hydrogens is 300 g/mol. The minimum atomic E-state index is 0.374. The van der Waals surface area contributed by atoms with Crippen LogP contribution in [0.3, 0.4) is 0 Å². The lowest BCUT2D eigenvalue weighted by atomic mass is 9.92. The molecule has 19 heavy (non-hydrogen) atoms. The first-order valence-electron chi connectivity index (χ1n) is 7.26. The number of nitrogens with zero attached hydrogens (tertiary/aromatic N) is 1. The minimum absolute atomic E-state index is 0.374. The number of benzene rings is 1. The molecule has 1 fully saturated rings. The third-order valence-corrected chi connectivity index (χ3v) is 4.83. The molecule has 3 atom stereocenters. The summed E-state index contributed by atoms with van der Waals surface area (Å²) in [6.07, 6.45) is 2.59. The molecule has 3 heteroatoms. The third kappa shape index (κ3) is 3.32. The fourth-order valence-electron chi connectivity index (χ4n) is 3.05. The Hall–Kier alpha value is -0.540. The molecule has 1 aliphatic rings. The molecule has 0 saturated carbocycles. The first-order chi connectivity index (χ1) is 9.02. The van der Waals surface area contributed by atoms with Crippen LogP contribution in [0.25, 0.3) is 0 Å². The molecular formula is C16H25BrN2. The van der Waals surface area contributed by atoms with Gasteiger partial charge in [0.2, 0.25) is 0 Å². The van der Waals surface area contributed by atoms with E-state index in [0.717, 1.165) is 10.4 Å². The molecule has 1 aliphatic heterocycles. The fraction of sp³-hybridized carbons (Fsp3) is 0.625. The van der Waals surface area contributed by atoms with Crippen LogP contribution in [0.1, 0.15) is 45.2 Å². The van der Waals surface area contributed by atoms with Gasteiger partial charge in [-0.05, 0) is 63.4 Å². The van der Waals surface area contributed by atoms with Crippen molar-refractivity contribution < 1.29 is 0 Å². The zero-order valence-electron chi connectivity index (χ0n) is 12.4. The maximum Gasteiger partial charge on any atom is 0.0417 e. The van der Waals surface area contributed by atoms with Crippen molar-refractivity contribution >= 4 is 21.6 Å². The molecule has 1 saturated heterocycles. The molecule has 2 rings (SSSR count). The van der Waals surface area contributed by atoms with E-state index in [0.29, 0.717) is 12.1 Å². The van der Waals surface area contributed by atoms with Gasteiger partial charge in [-0.1, -0.05) is 22.9 Å². The molecule has 1 N–H and O–H groups in total. The molecule has 0 bridgehead atoms. The van der Waals surface area contributed by atoms with Crippen molar-refractivity contribution in [3.63, 3.8) is 0 Å². The van der Waals surface area contributed by atoms with Crippen LogP contribution in [-0.4, -0.2) is 19.6 Å². The second-order valence-electron chi connectivity index (χ2n) is 5.89. The van der Waals surface area contributed by atoms with Crippen molar-refractivity contribution in [3.05, 3.63) is 28.2 Å². The van der Waals surface area contributed by atoms with E-state index in [9.17, 15) is 0 Å². The highest BCUT2D eigenvalue weighted by Crippen LogP contribution is 2.34. The lowest BCUT2D eigenvalue weighted by molar-refractivity contribution is 0.377. The van der Waals surface area contributed by atoms with E-state index in [1.165, 1.54) is 30.6 Å². The summed E-state index contributed by atoms with van der Waals surface area (Å²) in [4.78, 5) is 2.58. The second kappa shape index (κ2) is 6.27. The standard InChI is InChI=1S/C16H25BrN2/c1-11-7-8-19(12(2)9-11)16-6-5-14(17)10-15(16)13(3)18-4/h5-6,10-13,18H,7-9H2,1-4H3. The van der Waals surface area contributed by atoms with E-state index in [1.807, 2.05) is 7.05 Å².